The summed E-state index contributed by atoms with van der Waals surface area (Å²) in [5, 5.41) is 28.1. The first kappa shape index (κ1) is 17.2. The number of benzene rings is 2. The van der Waals surface area contributed by atoms with Crippen LogP contribution in [0.3, 0.4) is 0 Å². The van der Waals surface area contributed by atoms with E-state index in [1.165, 1.54) is 29.7 Å². The Labute approximate surface area is 150 Å². The van der Waals surface area contributed by atoms with E-state index in [0.717, 1.165) is 17.3 Å². The number of thiazole rings is 1. The Balaban J connectivity index is 1.76. The lowest BCUT2D eigenvalue weighted by atomic mass is 10.2. The molecule has 3 rings (SSSR count). The molecule has 0 aliphatic heterocycles. The SMILES string of the molecule is O=[N+]([O-])c1ccc(C=NNc2nc(-c3ccccc3)cs2)c([N+](=O)[O-])c1. The zero-order chi connectivity index (χ0) is 18.5. The molecule has 26 heavy (non-hydrogen) atoms. The highest BCUT2D eigenvalue weighted by molar-refractivity contribution is 7.14. The van der Waals surface area contributed by atoms with Gasteiger partial charge in [0.25, 0.3) is 11.4 Å². The molecule has 1 N–H and O–H groups in total. The van der Waals surface area contributed by atoms with Crippen LogP contribution >= 0.6 is 11.3 Å². The monoisotopic (exact) mass is 369 g/mol. The number of non-ortho nitro benzene ring substituents is 1. The van der Waals surface area contributed by atoms with Crippen molar-refractivity contribution in [3.63, 3.8) is 0 Å². The summed E-state index contributed by atoms with van der Waals surface area (Å²) in [5.41, 5.74) is 3.86. The zero-order valence-corrected chi connectivity index (χ0v) is 13.9. The summed E-state index contributed by atoms with van der Waals surface area (Å²) in [4.78, 5) is 24.8. The third-order valence-electron chi connectivity index (χ3n) is 3.36. The molecule has 0 aliphatic carbocycles. The van der Waals surface area contributed by atoms with Crippen LogP contribution in [-0.4, -0.2) is 21.0 Å². The molecule has 1 heterocycles. The van der Waals surface area contributed by atoms with E-state index in [2.05, 4.69) is 15.5 Å². The predicted octanol–water partition coefficient (Wildman–Crippen LogP) is 4.07. The Bertz CT molecular complexity index is 987. The van der Waals surface area contributed by atoms with Crippen LogP contribution in [0.15, 0.2) is 59.0 Å². The van der Waals surface area contributed by atoms with Crippen LogP contribution < -0.4 is 5.43 Å². The largest absolute Gasteiger partial charge is 0.285 e. The summed E-state index contributed by atoms with van der Waals surface area (Å²) in [6, 6.07) is 13.0. The fourth-order valence-corrected chi connectivity index (χ4v) is 2.81. The summed E-state index contributed by atoms with van der Waals surface area (Å²) in [6.07, 6.45) is 1.23. The molecule has 0 radical (unpaired) electrons. The molecule has 0 unspecified atom stereocenters. The Morgan fingerprint density at radius 2 is 1.85 bits per heavy atom. The van der Waals surface area contributed by atoms with Gasteiger partial charge in [-0.1, -0.05) is 30.3 Å². The molecule has 0 fully saturated rings. The van der Waals surface area contributed by atoms with Gasteiger partial charge in [-0.2, -0.15) is 5.10 Å². The molecule has 0 saturated heterocycles. The smallest absolute Gasteiger partial charge is 0.258 e. The van der Waals surface area contributed by atoms with E-state index in [0.29, 0.717) is 5.13 Å². The number of rotatable bonds is 6. The molecule has 0 spiro atoms. The van der Waals surface area contributed by atoms with Crippen LogP contribution in [0.4, 0.5) is 16.5 Å². The standard InChI is InChI=1S/C16H11N5O4S/c22-20(23)13-7-6-12(15(8-13)21(24)25)9-17-19-16-18-14(10-26-16)11-4-2-1-3-5-11/h1-10H,(H,18,19). The zero-order valence-electron chi connectivity index (χ0n) is 13.1. The predicted molar refractivity (Wildman–Crippen MR) is 98.5 cm³/mol. The van der Waals surface area contributed by atoms with Crippen molar-refractivity contribution in [1.29, 1.82) is 0 Å². The molecule has 9 nitrogen and oxygen atoms in total. The van der Waals surface area contributed by atoms with E-state index >= 15 is 0 Å². The molecule has 0 atom stereocenters. The van der Waals surface area contributed by atoms with E-state index in [9.17, 15) is 20.2 Å². The number of nitrogens with zero attached hydrogens (tertiary/aromatic N) is 4. The maximum atomic E-state index is 11.1. The highest BCUT2D eigenvalue weighted by Gasteiger charge is 2.18. The van der Waals surface area contributed by atoms with Crippen LogP contribution in [0, 0.1) is 20.2 Å². The molecule has 1 aromatic heterocycles. The Morgan fingerprint density at radius 3 is 2.54 bits per heavy atom. The van der Waals surface area contributed by atoms with E-state index in [1.54, 1.807) is 0 Å². The van der Waals surface area contributed by atoms with Crippen molar-refractivity contribution in [2.45, 2.75) is 0 Å². The lowest BCUT2D eigenvalue weighted by molar-refractivity contribution is -0.394. The molecule has 0 bridgehead atoms. The highest BCUT2D eigenvalue weighted by atomic mass is 32.1. The third kappa shape index (κ3) is 3.87. The topological polar surface area (TPSA) is 124 Å². The molecule has 3 aromatic rings. The Hall–Kier alpha value is -3.66. The number of aromatic nitrogens is 1. The summed E-state index contributed by atoms with van der Waals surface area (Å²) < 4.78 is 0. The number of nitro benzene ring substituents is 2. The first-order chi connectivity index (χ1) is 12.5. The number of hydrogen-bond acceptors (Lipinski definition) is 8. The molecule has 10 heteroatoms. The summed E-state index contributed by atoms with van der Waals surface area (Å²) in [7, 11) is 0. The maximum Gasteiger partial charge on any atom is 0.285 e. The highest BCUT2D eigenvalue weighted by Crippen LogP contribution is 2.25. The van der Waals surface area contributed by atoms with Gasteiger partial charge in [0, 0.05) is 17.0 Å². The molecular weight excluding hydrogens is 358 g/mol. The third-order valence-corrected chi connectivity index (χ3v) is 4.11. The average molecular weight is 369 g/mol. The van der Waals surface area contributed by atoms with Crippen LogP contribution in [0.2, 0.25) is 0 Å². The van der Waals surface area contributed by atoms with Crippen molar-refractivity contribution in [2.75, 3.05) is 5.43 Å². The second kappa shape index (κ2) is 7.49. The quantitative estimate of drug-likeness (QED) is 0.397. The van der Waals surface area contributed by atoms with Gasteiger partial charge in [0.1, 0.15) is 0 Å². The van der Waals surface area contributed by atoms with Gasteiger partial charge in [-0.3, -0.25) is 25.7 Å². The fraction of sp³-hybridized carbons (Fsp3) is 0. The Kier molecular flexibility index (Phi) is 4.94. The lowest BCUT2D eigenvalue weighted by Crippen LogP contribution is -1.98. The van der Waals surface area contributed by atoms with Crippen molar-refractivity contribution in [2.24, 2.45) is 5.10 Å². The number of nitrogens with one attached hydrogen (secondary N) is 1. The van der Waals surface area contributed by atoms with Gasteiger partial charge < -0.3 is 0 Å². The molecule has 2 aromatic carbocycles. The molecule has 0 amide bonds. The molecular formula is C16H11N5O4S. The van der Waals surface area contributed by atoms with Gasteiger partial charge in [0.2, 0.25) is 5.13 Å². The van der Waals surface area contributed by atoms with Gasteiger partial charge in [-0.05, 0) is 6.07 Å². The van der Waals surface area contributed by atoms with E-state index in [4.69, 9.17) is 0 Å². The normalized spacial score (nSPS) is 10.8. The van der Waals surface area contributed by atoms with Gasteiger partial charge in [0.15, 0.2) is 0 Å². The van der Waals surface area contributed by atoms with Gasteiger partial charge in [0.05, 0.1) is 33.4 Å². The molecule has 0 aliphatic rings. The van der Waals surface area contributed by atoms with Gasteiger partial charge >= 0.3 is 0 Å². The summed E-state index contributed by atoms with van der Waals surface area (Å²) in [6.45, 7) is 0. The van der Waals surface area contributed by atoms with E-state index in [-0.39, 0.29) is 11.3 Å². The summed E-state index contributed by atoms with van der Waals surface area (Å²) in [5.74, 6) is 0. The van der Waals surface area contributed by atoms with Crippen molar-refractivity contribution in [3.8, 4) is 11.3 Å². The van der Waals surface area contributed by atoms with Crippen LogP contribution in [0.25, 0.3) is 11.3 Å². The lowest BCUT2D eigenvalue weighted by Gasteiger charge is -1.98. The fourth-order valence-electron chi connectivity index (χ4n) is 2.14. The Morgan fingerprint density at radius 1 is 1.08 bits per heavy atom. The van der Waals surface area contributed by atoms with Crippen molar-refractivity contribution < 1.29 is 9.85 Å². The second-order valence-corrected chi connectivity index (χ2v) is 5.89. The molecule has 0 saturated carbocycles. The van der Waals surface area contributed by atoms with Crippen molar-refractivity contribution in [3.05, 3.63) is 79.7 Å². The van der Waals surface area contributed by atoms with Crippen LogP contribution in [0.5, 0.6) is 0 Å². The minimum absolute atomic E-state index is 0.146. The number of nitro groups is 2. The van der Waals surface area contributed by atoms with E-state index in [1.807, 2.05) is 35.7 Å². The van der Waals surface area contributed by atoms with E-state index < -0.39 is 15.5 Å². The minimum atomic E-state index is -0.689. The molecule has 130 valence electrons. The average Bonchev–Trinajstić information content (AvgIpc) is 3.11. The van der Waals surface area contributed by atoms with Crippen LogP contribution in [0.1, 0.15) is 5.56 Å². The second-order valence-electron chi connectivity index (χ2n) is 5.03. The first-order valence-corrected chi connectivity index (χ1v) is 8.15. The first-order valence-electron chi connectivity index (χ1n) is 7.27. The number of anilines is 1. The van der Waals surface area contributed by atoms with Gasteiger partial charge in [-0.15, -0.1) is 11.3 Å². The summed E-state index contributed by atoms with van der Waals surface area (Å²) >= 11 is 1.34. The number of hydrazone groups is 1. The van der Waals surface area contributed by atoms with Crippen LogP contribution in [-0.2, 0) is 0 Å². The number of hydrogen-bond donors (Lipinski definition) is 1. The van der Waals surface area contributed by atoms with Crippen molar-refractivity contribution >= 4 is 34.1 Å². The maximum absolute atomic E-state index is 11.1. The van der Waals surface area contributed by atoms with Crippen molar-refractivity contribution in [1.82, 2.24) is 4.98 Å². The minimum Gasteiger partial charge on any atom is -0.258 e. The van der Waals surface area contributed by atoms with Gasteiger partial charge in [-0.25, -0.2) is 4.98 Å².